The highest BCUT2D eigenvalue weighted by molar-refractivity contribution is 8.01. The van der Waals surface area contributed by atoms with Crippen LogP contribution in [0.2, 0.25) is 10.2 Å². The van der Waals surface area contributed by atoms with Crippen LogP contribution in [0.25, 0.3) is 0 Å². The third-order valence-electron chi connectivity index (χ3n) is 4.28. The number of hydrogen-bond acceptors (Lipinski definition) is 6. The van der Waals surface area contributed by atoms with Crippen molar-refractivity contribution in [3.8, 4) is 0 Å². The second-order valence-electron chi connectivity index (χ2n) is 6.55. The van der Waals surface area contributed by atoms with Crippen LogP contribution in [0.15, 0.2) is 63.2 Å². The summed E-state index contributed by atoms with van der Waals surface area (Å²) in [4.78, 5) is 0.685. The van der Waals surface area contributed by atoms with E-state index in [-0.39, 0.29) is 32.1 Å². The Bertz CT molecular complexity index is 1310. The Labute approximate surface area is 195 Å². The van der Waals surface area contributed by atoms with E-state index in [4.69, 9.17) is 23.2 Å². The van der Waals surface area contributed by atoms with Gasteiger partial charge < -0.3 is 0 Å². The SMILES string of the molecule is Cc1nn(C)c(Cl)c1S(=O)(=O)Nc1ccccc1SCCS(=O)(=O)c1ccc(Cl)cc1. The zero-order chi connectivity index (χ0) is 22.8. The summed E-state index contributed by atoms with van der Waals surface area (Å²) in [6.45, 7) is 1.56. The second kappa shape index (κ2) is 9.41. The van der Waals surface area contributed by atoms with Gasteiger partial charge in [0.15, 0.2) is 9.84 Å². The molecule has 0 radical (unpaired) electrons. The van der Waals surface area contributed by atoms with Gasteiger partial charge in [0.1, 0.15) is 10.0 Å². The fraction of sp³-hybridized carbons (Fsp3) is 0.211. The molecule has 0 atom stereocenters. The van der Waals surface area contributed by atoms with E-state index in [1.807, 2.05) is 0 Å². The topological polar surface area (TPSA) is 98.1 Å². The van der Waals surface area contributed by atoms with Crippen molar-refractivity contribution in [3.05, 3.63) is 64.4 Å². The lowest BCUT2D eigenvalue weighted by molar-refractivity contribution is 0.596. The Balaban J connectivity index is 1.76. The summed E-state index contributed by atoms with van der Waals surface area (Å²) < 4.78 is 54.6. The molecule has 0 saturated heterocycles. The van der Waals surface area contributed by atoms with Crippen molar-refractivity contribution in [1.29, 1.82) is 0 Å². The first kappa shape index (κ1) is 23.9. The first-order valence-corrected chi connectivity index (χ1v) is 13.8. The van der Waals surface area contributed by atoms with Crippen molar-refractivity contribution in [2.45, 2.75) is 21.6 Å². The molecule has 2 aromatic carbocycles. The maximum absolute atomic E-state index is 12.9. The van der Waals surface area contributed by atoms with Gasteiger partial charge in [-0.05, 0) is 43.3 Å². The zero-order valence-electron chi connectivity index (χ0n) is 16.5. The van der Waals surface area contributed by atoms with E-state index in [2.05, 4.69) is 9.82 Å². The first-order valence-electron chi connectivity index (χ1n) is 8.93. The van der Waals surface area contributed by atoms with Gasteiger partial charge in [-0.3, -0.25) is 9.40 Å². The minimum absolute atomic E-state index is 0.00388. The maximum atomic E-state index is 12.9. The van der Waals surface area contributed by atoms with Crippen LogP contribution in [0.4, 0.5) is 5.69 Å². The lowest BCUT2D eigenvalue weighted by atomic mass is 10.3. The molecule has 3 aromatic rings. The van der Waals surface area contributed by atoms with Crippen molar-refractivity contribution in [3.63, 3.8) is 0 Å². The molecule has 0 aliphatic carbocycles. The predicted octanol–water partition coefficient (Wildman–Crippen LogP) is 4.40. The van der Waals surface area contributed by atoms with Gasteiger partial charge in [0.25, 0.3) is 10.0 Å². The van der Waals surface area contributed by atoms with E-state index in [1.54, 1.807) is 38.2 Å². The van der Waals surface area contributed by atoms with E-state index in [0.717, 1.165) is 0 Å². The number of aromatic nitrogens is 2. The summed E-state index contributed by atoms with van der Waals surface area (Å²) in [6.07, 6.45) is 0. The van der Waals surface area contributed by atoms with Crippen LogP contribution in [0.1, 0.15) is 5.69 Å². The number of sulfone groups is 1. The van der Waals surface area contributed by atoms with Crippen LogP contribution in [-0.4, -0.2) is 38.1 Å². The van der Waals surface area contributed by atoms with Crippen LogP contribution in [0, 0.1) is 6.92 Å². The highest BCUT2D eigenvalue weighted by Crippen LogP contribution is 2.32. The number of halogens is 2. The van der Waals surface area contributed by atoms with Gasteiger partial charge in [-0.15, -0.1) is 11.8 Å². The smallest absolute Gasteiger partial charge is 0.266 e. The number of para-hydroxylation sites is 1. The number of anilines is 1. The van der Waals surface area contributed by atoms with Gasteiger partial charge in [-0.2, -0.15) is 5.10 Å². The Morgan fingerprint density at radius 1 is 1.03 bits per heavy atom. The number of sulfonamides is 1. The molecule has 1 N–H and O–H groups in total. The molecule has 0 aliphatic heterocycles. The largest absolute Gasteiger partial charge is 0.278 e. The number of thioether (sulfide) groups is 1. The van der Waals surface area contributed by atoms with Gasteiger partial charge in [-0.1, -0.05) is 35.3 Å². The average molecular weight is 520 g/mol. The standard InChI is InChI=1S/C19H19Cl2N3O4S3/c1-13-18(19(21)24(2)22-13)31(27,28)23-16-5-3-4-6-17(16)29-11-12-30(25,26)15-9-7-14(20)8-10-15/h3-10,23H,11-12H2,1-2H3. The molecule has 0 spiro atoms. The minimum Gasteiger partial charge on any atom is -0.278 e. The fourth-order valence-corrected chi connectivity index (χ4v) is 7.50. The van der Waals surface area contributed by atoms with Gasteiger partial charge in [0.05, 0.1) is 22.0 Å². The normalized spacial score (nSPS) is 12.1. The van der Waals surface area contributed by atoms with Crippen LogP contribution in [0.3, 0.4) is 0 Å². The minimum atomic E-state index is -3.99. The number of hydrogen-bond donors (Lipinski definition) is 1. The van der Waals surface area contributed by atoms with Crippen LogP contribution >= 0.6 is 35.0 Å². The third-order valence-corrected chi connectivity index (χ3v) is 9.66. The van der Waals surface area contributed by atoms with Crippen LogP contribution < -0.4 is 4.72 Å². The van der Waals surface area contributed by atoms with Crippen LogP contribution in [0.5, 0.6) is 0 Å². The lowest BCUT2D eigenvalue weighted by Crippen LogP contribution is -2.15. The summed E-state index contributed by atoms with van der Waals surface area (Å²) >= 11 is 13.2. The number of aryl methyl sites for hydroxylation is 2. The van der Waals surface area contributed by atoms with E-state index < -0.39 is 19.9 Å². The summed E-state index contributed by atoms with van der Waals surface area (Å²) in [6, 6.07) is 12.7. The molecule has 12 heteroatoms. The summed E-state index contributed by atoms with van der Waals surface area (Å²) in [5.41, 5.74) is 0.606. The molecule has 1 heterocycles. The molecule has 166 valence electrons. The molecule has 0 aliphatic rings. The molecule has 0 fully saturated rings. The number of benzene rings is 2. The zero-order valence-corrected chi connectivity index (χ0v) is 20.5. The molecule has 0 saturated carbocycles. The second-order valence-corrected chi connectivity index (χ2v) is 12.2. The molecule has 0 unspecified atom stereocenters. The third kappa shape index (κ3) is 5.56. The number of nitrogens with zero attached hydrogens (tertiary/aromatic N) is 2. The number of rotatable bonds is 8. The average Bonchev–Trinajstić information content (AvgIpc) is 2.95. The van der Waals surface area contributed by atoms with E-state index in [0.29, 0.717) is 15.6 Å². The van der Waals surface area contributed by atoms with Gasteiger partial charge >= 0.3 is 0 Å². The van der Waals surface area contributed by atoms with E-state index in [1.165, 1.54) is 40.7 Å². The molecule has 0 amide bonds. The summed E-state index contributed by atoms with van der Waals surface area (Å²) in [5.74, 6) is 0.115. The molecule has 31 heavy (non-hydrogen) atoms. The Morgan fingerprint density at radius 2 is 1.68 bits per heavy atom. The maximum Gasteiger partial charge on any atom is 0.266 e. The van der Waals surface area contributed by atoms with Crippen LogP contribution in [-0.2, 0) is 26.9 Å². The van der Waals surface area contributed by atoms with Crippen molar-refractivity contribution in [2.24, 2.45) is 7.05 Å². The fourth-order valence-electron chi connectivity index (χ4n) is 2.81. The van der Waals surface area contributed by atoms with Crippen molar-refractivity contribution in [2.75, 3.05) is 16.2 Å². The highest BCUT2D eigenvalue weighted by Gasteiger charge is 2.26. The van der Waals surface area contributed by atoms with Gasteiger partial charge in [-0.25, -0.2) is 16.8 Å². The Hall–Kier alpha value is -1.72. The quantitative estimate of drug-likeness (QED) is 0.442. The number of nitrogens with one attached hydrogen (secondary N) is 1. The molecule has 3 rings (SSSR count). The van der Waals surface area contributed by atoms with Gasteiger partial charge in [0.2, 0.25) is 0 Å². The Morgan fingerprint density at radius 3 is 2.29 bits per heavy atom. The molecule has 7 nitrogen and oxygen atoms in total. The van der Waals surface area contributed by atoms with Crippen molar-refractivity contribution < 1.29 is 16.8 Å². The van der Waals surface area contributed by atoms with E-state index >= 15 is 0 Å². The summed E-state index contributed by atoms with van der Waals surface area (Å²) in [7, 11) is -5.92. The first-order chi connectivity index (χ1) is 14.5. The summed E-state index contributed by atoms with van der Waals surface area (Å²) in [5, 5.41) is 4.50. The molecular weight excluding hydrogens is 501 g/mol. The highest BCUT2D eigenvalue weighted by atomic mass is 35.5. The molecular formula is C19H19Cl2N3O4S3. The lowest BCUT2D eigenvalue weighted by Gasteiger charge is -2.12. The Kier molecular flexibility index (Phi) is 7.27. The monoisotopic (exact) mass is 519 g/mol. The molecule has 1 aromatic heterocycles. The molecule has 0 bridgehead atoms. The van der Waals surface area contributed by atoms with E-state index in [9.17, 15) is 16.8 Å². The van der Waals surface area contributed by atoms with Crippen molar-refractivity contribution in [1.82, 2.24) is 9.78 Å². The predicted molar refractivity (Wildman–Crippen MR) is 124 cm³/mol. The van der Waals surface area contributed by atoms with Gasteiger partial charge in [0, 0.05) is 22.7 Å². The van der Waals surface area contributed by atoms with Crippen molar-refractivity contribution >= 4 is 60.5 Å².